The molecule has 1 aliphatic heterocycles. The Bertz CT molecular complexity index is 169. The van der Waals surface area contributed by atoms with Gasteiger partial charge in [0.25, 0.3) is 0 Å². The van der Waals surface area contributed by atoms with E-state index in [1.807, 2.05) is 6.92 Å². The van der Waals surface area contributed by atoms with E-state index in [0.717, 1.165) is 12.8 Å². The standard InChI is InChI=1S/C7H15O3P/c1-3-4-5-11(8)9-6-7(2)10-11/h7H,3-6H2,1-2H3. The third kappa shape index (κ3) is 2.58. The van der Waals surface area contributed by atoms with Gasteiger partial charge in [-0.1, -0.05) is 13.3 Å². The fourth-order valence-electron chi connectivity index (χ4n) is 1.02. The van der Waals surface area contributed by atoms with Crippen LogP contribution < -0.4 is 0 Å². The maximum atomic E-state index is 11.5. The Labute approximate surface area is 67.6 Å². The van der Waals surface area contributed by atoms with E-state index in [1.54, 1.807) is 0 Å². The Kier molecular flexibility index (Phi) is 3.11. The van der Waals surface area contributed by atoms with Crippen molar-refractivity contribution >= 4 is 7.60 Å². The van der Waals surface area contributed by atoms with Crippen molar-refractivity contribution in [2.45, 2.75) is 32.8 Å². The molecule has 0 aliphatic carbocycles. The highest BCUT2D eigenvalue weighted by Gasteiger charge is 2.33. The van der Waals surface area contributed by atoms with Crippen molar-refractivity contribution in [1.82, 2.24) is 0 Å². The highest BCUT2D eigenvalue weighted by molar-refractivity contribution is 7.54. The number of hydrogen-bond donors (Lipinski definition) is 0. The van der Waals surface area contributed by atoms with Gasteiger partial charge in [0.15, 0.2) is 0 Å². The first kappa shape index (κ1) is 9.24. The van der Waals surface area contributed by atoms with E-state index in [4.69, 9.17) is 9.05 Å². The molecule has 0 spiro atoms. The van der Waals surface area contributed by atoms with Crippen molar-refractivity contribution in [3.05, 3.63) is 0 Å². The molecule has 4 heteroatoms. The fraction of sp³-hybridized carbons (Fsp3) is 1.00. The van der Waals surface area contributed by atoms with E-state index >= 15 is 0 Å². The van der Waals surface area contributed by atoms with Crippen LogP contribution in [0.2, 0.25) is 0 Å². The average Bonchev–Trinajstić information content (AvgIpc) is 2.28. The predicted octanol–water partition coefficient (Wildman–Crippen LogP) is 2.41. The Morgan fingerprint density at radius 3 is 2.82 bits per heavy atom. The summed E-state index contributed by atoms with van der Waals surface area (Å²) in [6.45, 7) is 4.43. The van der Waals surface area contributed by atoms with E-state index in [9.17, 15) is 4.57 Å². The fourth-order valence-corrected chi connectivity index (χ4v) is 3.07. The molecule has 0 N–H and O–H groups in total. The third-order valence-corrected chi connectivity index (χ3v) is 3.72. The summed E-state index contributed by atoms with van der Waals surface area (Å²) in [5.41, 5.74) is 0. The van der Waals surface area contributed by atoms with Gasteiger partial charge in [-0.05, 0) is 13.3 Å². The van der Waals surface area contributed by atoms with Crippen LogP contribution in [0, 0.1) is 0 Å². The van der Waals surface area contributed by atoms with E-state index in [-0.39, 0.29) is 6.10 Å². The molecule has 1 heterocycles. The average molecular weight is 178 g/mol. The highest BCUT2D eigenvalue weighted by Crippen LogP contribution is 2.54. The van der Waals surface area contributed by atoms with E-state index in [1.165, 1.54) is 0 Å². The van der Waals surface area contributed by atoms with Crippen LogP contribution in [0.25, 0.3) is 0 Å². The molecular formula is C7H15O3P. The minimum absolute atomic E-state index is 0.0117. The predicted molar refractivity (Wildman–Crippen MR) is 43.9 cm³/mol. The van der Waals surface area contributed by atoms with Crippen LogP contribution in [0.4, 0.5) is 0 Å². The van der Waals surface area contributed by atoms with Crippen molar-refractivity contribution in [1.29, 1.82) is 0 Å². The zero-order valence-corrected chi connectivity index (χ0v) is 7.97. The van der Waals surface area contributed by atoms with Crippen molar-refractivity contribution in [2.75, 3.05) is 12.8 Å². The minimum atomic E-state index is -2.64. The van der Waals surface area contributed by atoms with Crippen LogP contribution >= 0.6 is 7.60 Å². The van der Waals surface area contributed by atoms with Crippen LogP contribution in [-0.4, -0.2) is 18.9 Å². The first-order valence-electron chi connectivity index (χ1n) is 4.08. The second kappa shape index (κ2) is 3.70. The van der Waals surface area contributed by atoms with Gasteiger partial charge >= 0.3 is 7.60 Å². The third-order valence-electron chi connectivity index (χ3n) is 1.63. The lowest BCUT2D eigenvalue weighted by molar-refractivity contribution is 0.256. The van der Waals surface area contributed by atoms with E-state index < -0.39 is 7.60 Å². The first-order chi connectivity index (χ1) is 5.16. The molecule has 0 aromatic rings. The molecule has 0 saturated carbocycles. The van der Waals surface area contributed by atoms with Gasteiger partial charge < -0.3 is 9.05 Å². The monoisotopic (exact) mass is 178 g/mol. The smallest absolute Gasteiger partial charge is 0.306 e. The van der Waals surface area contributed by atoms with Gasteiger partial charge in [-0.2, -0.15) is 0 Å². The molecule has 66 valence electrons. The van der Waals surface area contributed by atoms with Crippen molar-refractivity contribution < 1.29 is 13.6 Å². The molecule has 0 amide bonds. The second-order valence-electron chi connectivity index (χ2n) is 2.90. The molecule has 1 fully saturated rings. The molecule has 0 aromatic heterocycles. The van der Waals surface area contributed by atoms with Gasteiger partial charge in [0.05, 0.1) is 18.9 Å². The molecule has 1 saturated heterocycles. The summed E-state index contributed by atoms with van der Waals surface area (Å²) in [7, 11) is -2.64. The summed E-state index contributed by atoms with van der Waals surface area (Å²) in [4.78, 5) is 0. The molecule has 3 nitrogen and oxygen atoms in total. The number of rotatable bonds is 3. The van der Waals surface area contributed by atoms with Crippen LogP contribution in [0.15, 0.2) is 0 Å². The Balaban J connectivity index is 2.36. The topological polar surface area (TPSA) is 35.5 Å². The zero-order chi connectivity index (χ0) is 8.32. The van der Waals surface area contributed by atoms with Crippen LogP contribution in [0.5, 0.6) is 0 Å². The van der Waals surface area contributed by atoms with Gasteiger partial charge in [-0.3, -0.25) is 4.57 Å². The van der Waals surface area contributed by atoms with Gasteiger partial charge in [0.2, 0.25) is 0 Å². The van der Waals surface area contributed by atoms with E-state index in [0.29, 0.717) is 12.8 Å². The SMILES string of the molecule is CCCCP1(=O)OCC(C)O1. The molecule has 2 unspecified atom stereocenters. The largest absolute Gasteiger partial charge is 0.331 e. The molecule has 0 radical (unpaired) electrons. The van der Waals surface area contributed by atoms with Crippen LogP contribution in [0.3, 0.4) is 0 Å². The Hall–Kier alpha value is 0.150. The summed E-state index contributed by atoms with van der Waals surface area (Å²) in [5.74, 6) is 0. The lowest BCUT2D eigenvalue weighted by atomic mass is 10.4. The van der Waals surface area contributed by atoms with Gasteiger partial charge in [-0.25, -0.2) is 0 Å². The van der Waals surface area contributed by atoms with E-state index in [2.05, 4.69) is 6.92 Å². The molecule has 2 atom stereocenters. The summed E-state index contributed by atoms with van der Waals surface area (Å²) >= 11 is 0. The summed E-state index contributed by atoms with van der Waals surface area (Å²) in [5, 5.41) is 0. The minimum Gasteiger partial charge on any atom is -0.306 e. The summed E-state index contributed by atoms with van der Waals surface area (Å²) in [6.07, 6.45) is 2.54. The van der Waals surface area contributed by atoms with Crippen molar-refractivity contribution in [3.63, 3.8) is 0 Å². The van der Waals surface area contributed by atoms with Gasteiger partial charge in [0, 0.05) is 0 Å². The van der Waals surface area contributed by atoms with Crippen LogP contribution in [-0.2, 0) is 13.6 Å². The molecular weight excluding hydrogens is 163 g/mol. The molecule has 0 bridgehead atoms. The normalized spacial score (nSPS) is 37.8. The lowest BCUT2D eigenvalue weighted by Gasteiger charge is -2.08. The lowest BCUT2D eigenvalue weighted by Crippen LogP contribution is -2.00. The molecule has 1 rings (SSSR count). The Morgan fingerprint density at radius 1 is 1.64 bits per heavy atom. The quantitative estimate of drug-likeness (QED) is 0.622. The Morgan fingerprint density at radius 2 is 2.36 bits per heavy atom. The van der Waals surface area contributed by atoms with Crippen molar-refractivity contribution in [3.8, 4) is 0 Å². The highest BCUT2D eigenvalue weighted by atomic mass is 31.2. The summed E-state index contributed by atoms with van der Waals surface area (Å²) < 4.78 is 21.8. The van der Waals surface area contributed by atoms with Crippen molar-refractivity contribution in [2.24, 2.45) is 0 Å². The molecule has 0 aromatic carbocycles. The first-order valence-corrected chi connectivity index (χ1v) is 5.81. The summed E-state index contributed by atoms with van der Waals surface area (Å²) in [6, 6.07) is 0. The maximum Gasteiger partial charge on any atom is 0.331 e. The number of unbranched alkanes of at least 4 members (excludes halogenated alkanes) is 1. The van der Waals surface area contributed by atoms with Gasteiger partial charge in [-0.15, -0.1) is 0 Å². The van der Waals surface area contributed by atoms with Crippen LogP contribution in [0.1, 0.15) is 26.7 Å². The van der Waals surface area contributed by atoms with Gasteiger partial charge in [0.1, 0.15) is 0 Å². The zero-order valence-electron chi connectivity index (χ0n) is 7.08. The number of hydrogen-bond acceptors (Lipinski definition) is 3. The second-order valence-corrected chi connectivity index (χ2v) is 5.04. The molecule has 11 heavy (non-hydrogen) atoms. The maximum absolute atomic E-state index is 11.5. The molecule has 1 aliphatic rings.